The number of nitrogens with one attached hydrogen (secondary N) is 1. The molecule has 1 heterocycles. The predicted molar refractivity (Wildman–Crippen MR) is 97.3 cm³/mol. The van der Waals surface area contributed by atoms with Gasteiger partial charge in [0.25, 0.3) is 5.91 Å². The SMILES string of the molecule is CCN(C#N)C(=O)C(Cc1csc2ccccc12)NC(=O)CCC(=O)O. The summed E-state index contributed by atoms with van der Waals surface area (Å²) < 4.78 is 1.07. The van der Waals surface area contributed by atoms with Crippen LogP contribution in [-0.4, -0.2) is 40.4 Å². The number of nitrogens with zero attached hydrogens (tertiary/aromatic N) is 2. The van der Waals surface area contributed by atoms with Crippen molar-refractivity contribution in [2.75, 3.05) is 6.54 Å². The van der Waals surface area contributed by atoms with Gasteiger partial charge in [-0.05, 0) is 29.3 Å². The Balaban J connectivity index is 2.22. The molecule has 2 aromatic rings. The monoisotopic (exact) mass is 373 g/mol. The van der Waals surface area contributed by atoms with E-state index < -0.39 is 23.8 Å². The molecule has 0 saturated carbocycles. The number of fused-ring (bicyclic) bond motifs is 1. The number of amides is 2. The van der Waals surface area contributed by atoms with Crippen LogP contribution in [0.3, 0.4) is 0 Å². The van der Waals surface area contributed by atoms with Gasteiger partial charge >= 0.3 is 5.97 Å². The number of carboxylic acids is 1. The lowest BCUT2D eigenvalue weighted by Gasteiger charge is -2.21. The maximum atomic E-state index is 12.6. The molecule has 0 aliphatic rings. The zero-order valence-corrected chi connectivity index (χ0v) is 15.1. The summed E-state index contributed by atoms with van der Waals surface area (Å²) in [5, 5.41) is 23.3. The van der Waals surface area contributed by atoms with Crippen LogP contribution in [0.25, 0.3) is 10.1 Å². The molecule has 2 amide bonds. The Bertz CT molecular complexity index is 855. The van der Waals surface area contributed by atoms with Gasteiger partial charge in [0.1, 0.15) is 6.04 Å². The minimum atomic E-state index is -1.08. The van der Waals surface area contributed by atoms with E-state index in [-0.39, 0.29) is 25.8 Å². The number of thiophene rings is 1. The molecule has 2 N–H and O–H groups in total. The molecule has 0 radical (unpaired) electrons. The molecule has 1 aromatic heterocycles. The molecule has 0 aliphatic heterocycles. The summed E-state index contributed by atoms with van der Waals surface area (Å²) in [4.78, 5) is 36.3. The standard InChI is InChI=1S/C18H19N3O4S/c1-2-21(11-19)18(25)14(20-16(22)7-8-17(23)24)9-12-10-26-15-6-4-3-5-13(12)15/h3-6,10,14H,2,7-9H2,1H3,(H,20,22)(H,23,24). The van der Waals surface area contributed by atoms with Crippen molar-refractivity contribution in [3.8, 4) is 6.19 Å². The Labute approximate surface area is 154 Å². The van der Waals surface area contributed by atoms with E-state index in [9.17, 15) is 14.4 Å². The average molecular weight is 373 g/mol. The third-order valence-electron chi connectivity index (χ3n) is 3.89. The fourth-order valence-corrected chi connectivity index (χ4v) is 3.54. The highest BCUT2D eigenvalue weighted by Crippen LogP contribution is 2.26. The Morgan fingerprint density at radius 1 is 1.31 bits per heavy atom. The summed E-state index contributed by atoms with van der Waals surface area (Å²) >= 11 is 1.54. The highest BCUT2D eigenvalue weighted by molar-refractivity contribution is 7.17. The minimum Gasteiger partial charge on any atom is -0.481 e. The predicted octanol–water partition coefficient (Wildman–Crippen LogP) is 2.12. The fourth-order valence-electron chi connectivity index (χ4n) is 2.56. The zero-order valence-electron chi connectivity index (χ0n) is 14.3. The van der Waals surface area contributed by atoms with Gasteiger partial charge in [-0.1, -0.05) is 18.2 Å². The van der Waals surface area contributed by atoms with Gasteiger partial charge < -0.3 is 10.4 Å². The van der Waals surface area contributed by atoms with E-state index >= 15 is 0 Å². The molecule has 1 aromatic carbocycles. The van der Waals surface area contributed by atoms with E-state index in [1.807, 2.05) is 35.8 Å². The van der Waals surface area contributed by atoms with Crippen LogP contribution in [0.4, 0.5) is 0 Å². The van der Waals surface area contributed by atoms with E-state index in [0.717, 1.165) is 20.5 Å². The lowest BCUT2D eigenvalue weighted by atomic mass is 10.0. The van der Waals surface area contributed by atoms with Crippen molar-refractivity contribution in [2.24, 2.45) is 0 Å². The Morgan fingerprint density at radius 2 is 2.04 bits per heavy atom. The van der Waals surface area contributed by atoms with Crippen LogP contribution in [0, 0.1) is 11.5 Å². The minimum absolute atomic E-state index is 0.196. The van der Waals surface area contributed by atoms with Crippen molar-refractivity contribution >= 4 is 39.2 Å². The molecule has 7 nitrogen and oxygen atoms in total. The van der Waals surface area contributed by atoms with Gasteiger partial charge in [0.2, 0.25) is 5.91 Å². The number of likely N-dealkylation sites (N-methyl/N-ethyl adjacent to an activating group) is 1. The summed E-state index contributed by atoms with van der Waals surface area (Å²) in [6.07, 6.45) is 1.51. The van der Waals surface area contributed by atoms with Gasteiger partial charge in [-0.25, -0.2) is 4.90 Å². The van der Waals surface area contributed by atoms with Crippen molar-refractivity contribution in [3.63, 3.8) is 0 Å². The number of nitriles is 1. The quantitative estimate of drug-likeness (QED) is 0.544. The molecular formula is C18H19N3O4S. The third-order valence-corrected chi connectivity index (χ3v) is 4.90. The van der Waals surface area contributed by atoms with E-state index in [2.05, 4.69) is 5.32 Å². The number of aliphatic carboxylic acids is 1. The molecule has 0 bridgehead atoms. The Morgan fingerprint density at radius 3 is 2.69 bits per heavy atom. The molecular weight excluding hydrogens is 354 g/mol. The van der Waals surface area contributed by atoms with Gasteiger partial charge in [0.15, 0.2) is 6.19 Å². The topological polar surface area (TPSA) is 111 Å². The van der Waals surface area contributed by atoms with Crippen molar-refractivity contribution in [1.29, 1.82) is 5.26 Å². The number of carboxylic acid groups (broad SMARTS) is 1. The molecule has 0 aliphatic carbocycles. The number of rotatable bonds is 8. The normalized spacial score (nSPS) is 11.5. The molecule has 1 atom stereocenters. The zero-order chi connectivity index (χ0) is 19.1. The molecule has 26 heavy (non-hydrogen) atoms. The lowest BCUT2D eigenvalue weighted by molar-refractivity contribution is -0.139. The first-order valence-electron chi connectivity index (χ1n) is 8.13. The van der Waals surface area contributed by atoms with Crippen LogP contribution in [0.1, 0.15) is 25.3 Å². The van der Waals surface area contributed by atoms with Crippen molar-refractivity contribution < 1.29 is 19.5 Å². The van der Waals surface area contributed by atoms with Crippen molar-refractivity contribution in [2.45, 2.75) is 32.2 Å². The average Bonchev–Trinajstić information content (AvgIpc) is 3.03. The number of hydrogen-bond donors (Lipinski definition) is 2. The molecule has 1 unspecified atom stereocenters. The first-order chi connectivity index (χ1) is 12.5. The van der Waals surface area contributed by atoms with E-state index in [1.54, 1.807) is 18.3 Å². The van der Waals surface area contributed by atoms with Crippen LogP contribution in [0.5, 0.6) is 0 Å². The van der Waals surface area contributed by atoms with Gasteiger partial charge in [0, 0.05) is 24.1 Å². The van der Waals surface area contributed by atoms with Crippen LogP contribution >= 0.6 is 11.3 Å². The van der Waals surface area contributed by atoms with Gasteiger partial charge in [-0.15, -0.1) is 11.3 Å². The van der Waals surface area contributed by atoms with Crippen LogP contribution in [-0.2, 0) is 20.8 Å². The van der Waals surface area contributed by atoms with Gasteiger partial charge in [0.05, 0.1) is 6.42 Å². The molecule has 2 rings (SSSR count). The van der Waals surface area contributed by atoms with Crippen molar-refractivity contribution in [1.82, 2.24) is 10.2 Å². The van der Waals surface area contributed by atoms with Gasteiger partial charge in [-0.3, -0.25) is 14.4 Å². The van der Waals surface area contributed by atoms with Crippen LogP contribution in [0.2, 0.25) is 0 Å². The number of carbonyl (C=O) groups excluding carboxylic acids is 2. The highest BCUT2D eigenvalue weighted by Gasteiger charge is 2.26. The lowest BCUT2D eigenvalue weighted by Crippen LogP contribution is -2.48. The molecule has 0 fully saturated rings. The van der Waals surface area contributed by atoms with Crippen LogP contribution in [0.15, 0.2) is 29.6 Å². The van der Waals surface area contributed by atoms with E-state index in [4.69, 9.17) is 10.4 Å². The second-order valence-electron chi connectivity index (χ2n) is 5.66. The van der Waals surface area contributed by atoms with Crippen LogP contribution < -0.4 is 5.32 Å². The summed E-state index contributed by atoms with van der Waals surface area (Å²) in [5.41, 5.74) is 0.900. The first-order valence-corrected chi connectivity index (χ1v) is 9.01. The first kappa shape index (κ1) is 19.4. The number of benzene rings is 1. The summed E-state index contributed by atoms with van der Waals surface area (Å²) in [6.45, 7) is 1.87. The number of hydrogen-bond acceptors (Lipinski definition) is 5. The summed E-state index contributed by atoms with van der Waals surface area (Å²) in [6, 6.07) is 6.81. The largest absolute Gasteiger partial charge is 0.481 e. The molecule has 0 saturated heterocycles. The summed E-state index contributed by atoms with van der Waals surface area (Å²) in [7, 11) is 0. The summed E-state index contributed by atoms with van der Waals surface area (Å²) in [5.74, 6) is -2.12. The number of carbonyl (C=O) groups is 3. The second kappa shape index (κ2) is 8.97. The maximum absolute atomic E-state index is 12.6. The Kier molecular flexibility index (Phi) is 6.69. The van der Waals surface area contributed by atoms with E-state index in [1.165, 1.54) is 0 Å². The smallest absolute Gasteiger partial charge is 0.303 e. The molecule has 136 valence electrons. The third kappa shape index (κ3) is 4.80. The maximum Gasteiger partial charge on any atom is 0.303 e. The Hall–Kier alpha value is -2.92. The second-order valence-corrected chi connectivity index (χ2v) is 6.57. The van der Waals surface area contributed by atoms with E-state index in [0.29, 0.717) is 0 Å². The fraction of sp³-hybridized carbons (Fsp3) is 0.333. The van der Waals surface area contributed by atoms with Gasteiger partial charge in [-0.2, -0.15) is 5.26 Å². The highest BCUT2D eigenvalue weighted by atomic mass is 32.1. The molecule has 8 heteroatoms. The molecule has 0 spiro atoms. The van der Waals surface area contributed by atoms with Crippen molar-refractivity contribution in [3.05, 3.63) is 35.2 Å².